The van der Waals surface area contributed by atoms with E-state index in [1.807, 2.05) is 42.5 Å². The number of aromatic nitrogens is 2. The van der Waals surface area contributed by atoms with Gasteiger partial charge in [0.05, 0.1) is 22.7 Å². The van der Waals surface area contributed by atoms with E-state index in [9.17, 15) is 4.79 Å². The number of hydrogen-bond acceptors (Lipinski definition) is 3. The predicted octanol–water partition coefficient (Wildman–Crippen LogP) is 4.79. The Hall–Kier alpha value is -2.93. The van der Waals surface area contributed by atoms with E-state index < -0.39 is 0 Å². The maximum atomic E-state index is 12.7. The largest absolute Gasteiger partial charge is 0.342 e. The van der Waals surface area contributed by atoms with Gasteiger partial charge >= 0.3 is 0 Å². The van der Waals surface area contributed by atoms with Crippen molar-refractivity contribution >= 4 is 16.8 Å². The lowest BCUT2D eigenvalue weighted by molar-refractivity contribution is 0.0889. The molecular weight excluding hydrogens is 322 g/mol. The summed E-state index contributed by atoms with van der Waals surface area (Å²) < 4.78 is 0. The first-order chi connectivity index (χ1) is 12.7. The summed E-state index contributed by atoms with van der Waals surface area (Å²) in [6.07, 6.45) is 6.28. The van der Waals surface area contributed by atoms with Crippen molar-refractivity contribution in [3.63, 3.8) is 0 Å². The molecule has 1 aliphatic rings. The average molecular weight is 343 g/mol. The van der Waals surface area contributed by atoms with Crippen LogP contribution in [-0.4, -0.2) is 15.8 Å². The summed E-state index contributed by atoms with van der Waals surface area (Å²) in [5, 5.41) is 8.88. The minimum absolute atomic E-state index is 0.179. The molecule has 3 aromatic rings. The van der Waals surface area contributed by atoms with Gasteiger partial charge in [-0.05, 0) is 48.7 Å². The van der Waals surface area contributed by atoms with Crippen molar-refractivity contribution in [2.24, 2.45) is 5.92 Å². The van der Waals surface area contributed by atoms with Crippen LogP contribution >= 0.6 is 0 Å². The van der Waals surface area contributed by atoms with Gasteiger partial charge in [0.25, 0.3) is 0 Å². The number of nitrogens with one attached hydrogen (secondary N) is 1. The summed E-state index contributed by atoms with van der Waals surface area (Å²) in [4.78, 5) is 20.7. The maximum absolute atomic E-state index is 12.7. The van der Waals surface area contributed by atoms with Crippen molar-refractivity contribution in [2.45, 2.75) is 38.5 Å². The van der Waals surface area contributed by atoms with Gasteiger partial charge in [-0.3, -0.25) is 4.79 Å². The van der Waals surface area contributed by atoms with Gasteiger partial charge in [-0.15, -0.1) is 0 Å². The van der Waals surface area contributed by atoms with Gasteiger partial charge in [0.15, 0.2) is 5.78 Å². The molecule has 1 N–H and O–H groups in total. The monoisotopic (exact) mass is 343 g/mol. The van der Waals surface area contributed by atoms with Crippen molar-refractivity contribution in [1.82, 2.24) is 9.97 Å². The van der Waals surface area contributed by atoms with Crippen LogP contribution in [0.3, 0.4) is 0 Å². The number of nitriles is 1. The molecule has 4 heteroatoms. The Labute approximate surface area is 152 Å². The summed E-state index contributed by atoms with van der Waals surface area (Å²) in [6.45, 7) is 0. The molecule has 0 radical (unpaired) electrons. The highest BCUT2D eigenvalue weighted by Gasteiger charge is 2.22. The first-order valence-corrected chi connectivity index (χ1v) is 9.25. The molecule has 1 heterocycles. The zero-order valence-corrected chi connectivity index (χ0v) is 14.7. The topological polar surface area (TPSA) is 69.5 Å². The number of fused-ring (bicyclic) bond motifs is 1. The van der Waals surface area contributed by atoms with Gasteiger partial charge in [0, 0.05) is 17.9 Å². The van der Waals surface area contributed by atoms with Crippen LogP contribution in [0.4, 0.5) is 0 Å². The normalized spacial score (nSPS) is 15.0. The second-order valence-corrected chi connectivity index (χ2v) is 7.10. The minimum Gasteiger partial charge on any atom is -0.342 e. The number of benzene rings is 2. The second-order valence-electron chi connectivity index (χ2n) is 7.10. The Morgan fingerprint density at radius 3 is 2.62 bits per heavy atom. The number of nitrogens with zero attached hydrogens (tertiary/aromatic N) is 2. The Kier molecular flexibility index (Phi) is 4.53. The average Bonchev–Trinajstić information content (AvgIpc) is 3.10. The highest BCUT2D eigenvalue weighted by molar-refractivity contribution is 6.00. The van der Waals surface area contributed by atoms with Crippen molar-refractivity contribution in [2.75, 3.05) is 0 Å². The summed E-state index contributed by atoms with van der Waals surface area (Å²) in [5.74, 6) is 1.31. The summed E-state index contributed by atoms with van der Waals surface area (Å²) >= 11 is 0. The lowest BCUT2D eigenvalue weighted by Crippen LogP contribution is -2.17. The van der Waals surface area contributed by atoms with Crippen LogP contribution in [0.1, 0.15) is 59.4 Å². The second kappa shape index (κ2) is 7.13. The molecular formula is C22H21N3O. The van der Waals surface area contributed by atoms with E-state index in [2.05, 4.69) is 16.0 Å². The van der Waals surface area contributed by atoms with Gasteiger partial charge in [-0.2, -0.15) is 5.26 Å². The highest BCUT2D eigenvalue weighted by atomic mass is 16.1. The Bertz CT molecular complexity index is 973. The van der Waals surface area contributed by atoms with E-state index in [-0.39, 0.29) is 11.7 Å². The van der Waals surface area contributed by atoms with E-state index in [1.54, 1.807) is 0 Å². The lowest BCUT2D eigenvalue weighted by Gasteiger charge is -2.20. The highest BCUT2D eigenvalue weighted by Crippen LogP contribution is 2.28. The van der Waals surface area contributed by atoms with Crippen LogP contribution in [0.15, 0.2) is 42.5 Å². The van der Waals surface area contributed by atoms with E-state index in [4.69, 9.17) is 5.26 Å². The lowest BCUT2D eigenvalue weighted by atomic mass is 9.84. The summed E-state index contributed by atoms with van der Waals surface area (Å²) in [5.41, 5.74) is 4.33. The van der Waals surface area contributed by atoms with Crippen molar-refractivity contribution in [1.29, 1.82) is 5.26 Å². The number of rotatable bonds is 4. The fraction of sp³-hybridized carbons (Fsp3) is 0.318. The summed E-state index contributed by atoms with van der Waals surface area (Å²) in [7, 11) is 0. The first kappa shape index (κ1) is 16.5. The molecule has 130 valence electrons. The van der Waals surface area contributed by atoms with Crippen molar-refractivity contribution in [3.05, 3.63) is 65.0 Å². The van der Waals surface area contributed by atoms with Crippen molar-refractivity contribution < 1.29 is 4.79 Å². The van der Waals surface area contributed by atoms with Gasteiger partial charge in [-0.1, -0.05) is 31.4 Å². The molecule has 0 bridgehead atoms. The molecule has 4 nitrogen and oxygen atoms in total. The first-order valence-electron chi connectivity index (χ1n) is 9.25. The SMILES string of the molecule is N#Cc1ccc(Cc2nc3cc(C(=O)C4CCCCC4)ccc3[nH]2)cc1. The Balaban J connectivity index is 1.55. The third kappa shape index (κ3) is 3.39. The molecule has 0 saturated heterocycles. The predicted molar refractivity (Wildman–Crippen MR) is 101 cm³/mol. The Morgan fingerprint density at radius 2 is 1.88 bits per heavy atom. The quantitative estimate of drug-likeness (QED) is 0.693. The van der Waals surface area contributed by atoms with Crippen LogP contribution in [0.25, 0.3) is 11.0 Å². The molecule has 1 aromatic heterocycles. The molecule has 26 heavy (non-hydrogen) atoms. The summed E-state index contributed by atoms with van der Waals surface area (Å²) in [6, 6.07) is 15.5. The van der Waals surface area contributed by atoms with Crippen molar-refractivity contribution in [3.8, 4) is 6.07 Å². The number of Topliss-reactive ketones (excluding diaryl/α,β-unsaturated/α-hetero) is 1. The molecule has 0 unspecified atom stereocenters. The van der Waals surface area contributed by atoms with Crippen LogP contribution in [0.5, 0.6) is 0 Å². The molecule has 1 aliphatic carbocycles. The van der Waals surface area contributed by atoms with Gasteiger partial charge in [-0.25, -0.2) is 4.98 Å². The zero-order valence-electron chi connectivity index (χ0n) is 14.7. The van der Waals surface area contributed by atoms with E-state index in [0.717, 1.165) is 53.7 Å². The number of carbonyl (C=O) groups is 1. The van der Waals surface area contributed by atoms with E-state index >= 15 is 0 Å². The number of imidazole rings is 1. The number of aromatic amines is 1. The molecule has 4 rings (SSSR count). The fourth-order valence-electron chi connectivity index (χ4n) is 3.79. The maximum Gasteiger partial charge on any atom is 0.166 e. The van der Waals surface area contributed by atoms with Gasteiger partial charge < -0.3 is 4.98 Å². The smallest absolute Gasteiger partial charge is 0.166 e. The standard InChI is InChI=1S/C22H21N3O/c23-14-16-8-6-15(7-9-16)12-21-24-19-11-10-18(13-20(19)25-21)22(26)17-4-2-1-3-5-17/h6-11,13,17H,1-5,12H2,(H,24,25). The number of hydrogen-bond donors (Lipinski definition) is 1. The molecule has 0 spiro atoms. The van der Waals surface area contributed by atoms with Crippen LogP contribution in [0, 0.1) is 17.2 Å². The van der Waals surface area contributed by atoms with Crippen LogP contribution in [-0.2, 0) is 6.42 Å². The number of ketones is 1. The van der Waals surface area contributed by atoms with Gasteiger partial charge in [0.2, 0.25) is 0 Å². The van der Waals surface area contributed by atoms with E-state index in [0.29, 0.717) is 12.0 Å². The third-order valence-electron chi connectivity index (χ3n) is 5.25. The fourth-order valence-corrected chi connectivity index (χ4v) is 3.79. The number of H-pyrrole nitrogens is 1. The molecule has 1 saturated carbocycles. The van der Waals surface area contributed by atoms with Gasteiger partial charge in [0.1, 0.15) is 5.82 Å². The molecule has 2 aromatic carbocycles. The number of carbonyl (C=O) groups excluding carboxylic acids is 1. The molecule has 0 amide bonds. The van der Waals surface area contributed by atoms with E-state index in [1.165, 1.54) is 6.42 Å². The minimum atomic E-state index is 0.179. The molecule has 0 aliphatic heterocycles. The van der Waals surface area contributed by atoms with Crippen LogP contribution < -0.4 is 0 Å². The third-order valence-corrected chi connectivity index (χ3v) is 5.25. The van der Waals surface area contributed by atoms with Crippen LogP contribution in [0.2, 0.25) is 0 Å². The molecule has 1 fully saturated rings. The zero-order chi connectivity index (χ0) is 17.9. The Morgan fingerprint density at radius 1 is 1.12 bits per heavy atom. The molecule has 0 atom stereocenters.